The summed E-state index contributed by atoms with van der Waals surface area (Å²) in [6, 6.07) is 11.7. The fraction of sp³-hybridized carbons (Fsp3) is 0.320. The summed E-state index contributed by atoms with van der Waals surface area (Å²) in [5.41, 5.74) is 8.10. The van der Waals surface area contributed by atoms with Gasteiger partial charge >= 0.3 is 0 Å². The van der Waals surface area contributed by atoms with Gasteiger partial charge in [-0.3, -0.25) is 14.6 Å². The highest BCUT2D eigenvalue weighted by molar-refractivity contribution is 5.94. The Morgan fingerprint density at radius 3 is 2.70 bits per heavy atom. The standard InChI is InChI=1S/C25H26FN5O2/c26-22-6-2-1-5-18(22)13-21-14-19(7-9-28-21)25(33)31-10-3-4-17(8-11-31)12-20-15-23(24(27)32)30-16-29-20/h1-2,5-7,9,14-17H,3-4,8,10-13H2,(H2,27,32)/t17-/m0/s1. The van der Waals surface area contributed by atoms with Crippen molar-refractivity contribution in [2.75, 3.05) is 13.1 Å². The zero-order valence-corrected chi connectivity index (χ0v) is 18.3. The van der Waals surface area contributed by atoms with Crippen molar-refractivity contribution >= 4 is 11.8 Å². The highest BCUT2D eigenvalue weighted by Crippen LogP contribution is 2.23. The van der Waals surface area contributed by atoms with Gasteiger partial charge in [-0.15, -0.1) is 0 Å². The molecule has 0 radical (unpaired) electrons. The number of likely N-dealkylation sites (tertiary alicyclic amines) is 1. The maximum Gasteiger partial charge on any atom is 0.267 e. The van der Waals surface area contributed by atoms with E-state index in [1.54, 1.807) is 42.6 Å². The molecule has 170 valence electrons. The Bertz CT molecular complexity index is 1150. The first-order valence-corrected chi connectivity index (χ1v) is 11.1. The molecule has 3 aromatic rings. The number of hydrogen-bond donors (Lipinski definition) is 1. The van der Waals surface area contributed by atoms with Crippen molar-refractivity contribution in [2.24, 2.45) is 11.7 Å². The summed E-state index contributed by atoms with van der Waals surface area (Å²) in [5, 5.41) is 0. The Morgan fingerprint density at radius 2 is 1.88 bits per heavy atom. The second-order valence-corrected chi connectivity index (χ2v) is 8.36. The van der Waals surface area contributed by atoms with E-state index in [0.717, 1.165) is 25.0 Å². The minimum absolute atomic E-state index is 0.0362. The number of pyridine rings is 1. The Balaban J connectivity index is 1.39. The van der Waals surface area contributed by atoms with Crippen molar-refractivity contribution in [1.29, 1.82) is 0 Å². The normalized spacial score (nSPS) is 16.3. The molecule has 1 fully saturated rings. The molecule has 0 saturated carbocycles. The van der Waals surface area contributed by atoms with Gasteiger partial charge in [-0.25, -0.2) is 14.4 Å². The van der Waals surface area contributed by atoms with Crippen molar-refractivity contribution in [2.45, 2.75) is 32.1 Å². The molecule has 0 bridgehead atoms. The summed E-state index contributed by atoms with van der Waals surface area (Å²) in [7, 11) is 0. The van der Waals surface area contributed by atoms with Crippen LogP contribution in [-0.2, 0) is 12.8 Å². The maximum absolute atomic E-state index is 14.0. The maximum atomic E-state index is 14.0. The third-order valence-corrected chi connectivity index (χ3v) is 6.00. The lowest BCUT2D eigenvalue weighted by atomic mass is 9.95. The number of amides is 2. The molecule has 33 heavy (non-hydrogen) atoms. The van der Waals surface area contributed by atoms with Crippen LogP contribution in [0.4, 0.5) is 4.39 Å². The molecule has 1 aliphatic heterocycles. The molecular formula is C25H26FN5O2. The van der Waals surface area contributed by atoms with Crippen LogP contribution in [0.15, 0.2) is 55.0 Å². The van der Waals surface area contributed by atoms with E-state index in [-0.39, 0.29) is 17.4 Å². The highest BCUT2D eigenvalue weighted by atomic mass is 19.1. The molecule has 2 amide bonds. The Kier molecular flexibility index (Phi) is 7.02. The number of carbonyl (C=O) groups excluding carboxylic acids is 2. The number of carbonyl (C=O) groups is 2. The average molecular weight is 448 g/mol. The summed E-state index contributed by atoms with van der Waals surface area (Å²) >= 11 is 0. The summed E-state index contributed by atoms with van der Waals surface area (Å²) < 4.78 is 14.0. The number of halogens is 1. The second-order valence-electron chi connectivity index (χ2n) is 8.36. The highest BCUT2D eigenvalue weighted by Gasteiger charge is 2.23. The number of aromatic nitrogens is 3. The average Bonchev–Trinajstić information content (AvgIpc) is 3.06. The minimum atomic E-state index is -0.567. The van der Waals surface area contributed by atoms with Crippen LogP contribution in [0, 0.1) is 11.7 Å². The molecule has 0 unspecified atom stereocenters. The molecule has 7 nitrogen and oxygen atoms in total. The molecular weight excluding hydrogens is 421 g/mol. The van der Waals surface area contributed by atoms with Gasteiger partial charge < -0.3 is 10.6 Å². The van der Waals surface area contributed by atoms with Gasteiger partial charge in [-0.2, -0.15) is 0 Å². The zero-order valence-electron chi connectivity index (χ0n) is 18.3. The van der Waals surface area contributed by atoms with E-state index in [0.29, 0.717) is 48.7 Å². The van der Waals surface area contributed by atoms with Crippen molar-refractivity contribution in [3.63, 3.8) is 0 Å². The fourth-order valence-electron chi connectivity index (χ4n) is 4.24. The smallest absolute Gasteiger partial charge is 0.267 e. The van der Waals surface area contributed by atoms with Gasteiger partial charge in [0.25, 0.3) is 11.8 Å². The van der Waals surface area contributed by atoms with Gasteiger partial charge in [-0.1, -0.05) is 18.2 Å². The van der Waals surface area contributed by atoms with Crippen molar-refractivity contribution in [1.82, 2.24) is 19.9 Å². The number of primary amides is 1. The minimum Gasteiger partial charge on any atom is -0.364 e. The lowest BCUT2D eigenvalue weighted by Gasteiger charge is -2.21. The van der Waals surface area contributed by atoms with E-state index in [2.05, 4.69) is 15.0 Å². The summed E-state index contributed by atoms with van der Waals surface area (Å²) in [6.07, 6.45) is 6.72. The summed E-state index contributed by atoms with van der Waals surface area (Å²) in [6.45, 7) is 1.32. The van der Waals surface area contributed by atoms with Gasteiger partial charge in [0.05, 0.1) is 0 Å². The molecule has 3 heterocycles. The quantitative estimate of drug-likeness (QED) is 0.625. The van der Waals surface area contributed by atoms with E-state index in [4.69, 9.17) is 5.73 Å². The fourth-order valence-corrected chi connectivity index (χ4v) is 4.24. The van der Waals surface area contributed by atoms with Gasteiger partial charge in [0, 0.05) is 42.7 Å². The lowest BCUT2D eigenvalue weighted by molar-refractivity contribution is 0.0759. The first-order valence-electron chi connectivity index (χ1n) is 11.1. The molecule has 0 spiro atoms. The lowest BCUT2D eigenvalue weighted by Crippen LogP contribution is -2.32. The Morgan fingerprint density at radius 1 is 1.03 bits per heavy atom. The molecule has 1 aromatic carbocycles. The van der Waals surface area contributed by atoms with Crippen molar-refractivity contribution in [3.05, 3.63) is 89.0 Å². The molecule has 2 N–H and O–H groups in total. The monoisotopic (exact) mass is 447 g/mol. The van der Waals surface area contributed by atoms with Gasteiger partial charge in [0.1, 0.15) is 17.8 Å². The van der Waals surface area contributed by atoms with E-state index in [1.165, 1.54) is 12.4 Å². The number of hydrogen-bond acceptors (Lipinski definition) is 5. The Labute approximate surface area is 191 Å². The summed E-state index contributed by atoms with van der Waals surface area (Å²) in [4.78, 5) is 38.9. The van der Waals surface area contributed by atoms with Crippen molar-refractivity contribution < 1.29 is 14.0 Å². The third kappa shape index (κ3) is 5.77. The van der Waals surface area contributed by atoms with Gasteiger partial charge in [-0.05, 0) is 61.4 Å². The van der Waals surface area contributed by atoms with Crippen LogP contribution in [0.2, 0.25) is 0 Å². The van der Waals surface area contributed by atoms with Gasteiger partial charge in [0.15, 0.2) is 0 Å². The van der Waals surface area contributed by atoms with Crippen LogP contribution in [0.1, 0.15) is 57.1 Å². The van der Waals surface area contributed by atoms with Crippen LogP contribution in [0.25, 0.3) is 0 Å². The van der Waals surface area contributed by atoms with Crippen LogP contribution in [-0.4, -0.2) is 44.8 Å². The first kappa shape index (κ1) is 22.5. The molecule has 1 saturated heterocycles. The molecule has 4 rings (SSSR count). The predicted molar refractivity (Wildman–Crippen MR) is 121 cm³/mol. The van der Waals surface area contributed by atoms with Crippen molar-refractivity contribution in [3.8, 4) is 0 Å². The topological polar surface area (TPSA) is 102 Å². The Hall–Kier alpha value is -3.68. The van der Waals surface area contributed by atoms with E-state index >= 15 is 0 Å². The van der Waals surface area contributed by atoms with Crippen LogP contribution >= 0.6 is 0 Å². The number of nitrogens with zero attached hydrogens (tertiary/aromatic N) is 4. The molecule has 1 atom stereocenters. The van der Waals surface area contributed by atoms with E-state index < -0.39 is 5.91 Å². The first-order chi connectivity index (χ1) is 16.0. The summed E-state index contributed by atoms with van der Waals surface area (Å²) in [5.74, 6) is -0.525. The van der Waals surface area contributed by atoms with Crippen LogP contribution in [0.3, 0.4) is 0 Å². The largest absolute Gasteiger partial charge is 0.364 e. The number of benzene rings is 1. The molecule has 0 aliphatic carbocycles. The van der Waals surface area contributed by atoms with Crippen LogP contribution < -0.4 is 5.73 Å². The van der Waals surface area contributed by atoms with E-state index in [9.17, 15) is 14.0 Å². The zero-order chi connectivity index (χ0) is 23.2. The molecule has 2 aromatic heterocycles. The molecule has 1 aliphatic rings. The predicted octanol–water partition coefficient (Wildman–Crippen LogP) is 3.19. The van der Waals surface area contributed by atoms with Gasteiger partial charge in [0.2, 0.25) is 0 Å². The number of nitrogens with two attached hydrogens (primary N) is 1. The second kappa shape index (κ2) is 10.3. The number of rotatable bonds is 6. The molecule has 8 heteroatoms. The van der Waals surface area contributed by atoms with E-state index in [1.807, 2.05) is 4.90 Å². The van der Waals surface area contributed by atoms with Crippen LogP contribution in [0.5, 0.6) is 0 Å². The third-order valence-electron chi connectivity index (χ3n) is 6.00. The SMILES string of the molecule is NC(=O)c1cc(C[C@H]2CCCN(C(=O)c3ccnc(Cc4ccccc4F)c3)CC2)ncn1.